The molecule has 93 heavy (non-hydrogen) atoms. The first-order valence-electron chi connectivity index (χ1n) is 25.8. The maximum atomic E-state index is 15.0. The zero-order valence-corrected chi connectivity index (χ0v) is 51.3. The van der Waals surface area contributed by atoms with E-state index in [1.807, 2.05) is 0 Å². The highest BCUT2D eigenvalue weighted by atomic mass is 79.9. The Labute approximate surface area is 538 Å². The molecule has 8 aromatic rings. The third-order valence-corrected chi connectivity index (χ3v) is 13.2. The SMILES string of the molecule is BrB(Br)Br.COc1cc([C@@](Cc2ccccc2)(NC(=O)c2ccc(F)c(C(F)(F)F)c2)c2cc(F)cc(OC(F)(F)C(F)F)c2)ccc1F.O=C(N[C@@](Cc1ccccc1)(c1cc(F)cc(OC(F)(F)C(F)F)c1)c1ccc(F)c(O)c1)c1ccc(F)c(C(F)(F)F)c1. The number of phenols is 1. The number of rotatable bonds is 19. The molecule has 0 aromatic heterocycles. The molecule has 2 amide bonds. The van der Waals surface area contributed by atoms with E-state index in [1.165, 1.54) is 36.4 Å². The summed E-state index contributed by atoms with van der Waals surface area (Å²) >= 11 is 9.31. The van der Waals surface area contributed by atoms with Crippen molar-refractivity contribution in [3.8, 4) is 23.0 Å². The summed E-state index contributed by atoms with van der Waals surface area (Å²) < 4.78 is 287. The van der Waals surface area contributed by atoms with E-state index in [0.717, 1.165) is 55.6 Å². The van der Waals surface area contributed by atoms with Gasteiger partial charge >= 0.3 is 40.6 Å². The fourth-order valence-electron chi connectivity index (χ4n) is 9.07. The van der Waals surface area contributed by atoms with E-state index < -0.39 is 164 Å². The van der Waals surface area contributed by atoms with Crippen LogP contribution in [0.2, 0.25) is 0 Å². The quantitative estimate of drug-likeness (QED) is 0.0550. The van der Waals surface area contributed by atoms with Crippen LogP contribution in [-0.2, 0) is 36.3 Å². The van der Waals surface area contributed by atoms with Gasteiger partial charge in [0.15, 0.2) is 23.1 Å². The van der Waals surface area contributed by atoms with Crippen molar-refractivity contribution in [2.75, 3.05) is 7.11 Å². The van der Waals surface area contributed by atoms with Crippen molar-refractivity contribution < 1.29 is 117 Å². The Morgan fingerprint density at radius 2 is 0.817 bits per heavy atom. The van der Waals surface area contributed by atoms with Crippen LogP contribution in [0.25, 0.3) is 0 Å². The van der Waals surface area contributed by atoms with Crippen LogP contribution < -0.4 is 24.8 Å². The molecule has 32 heteroatoms. The van der Waals surface area contributed by atoms with Crippen LogP contribution >= 0.6 is 47.3 Å². The summed E-state index contributed by atoms with van der Waals surface area (Å²) in [6.07, 6.45) is -30.1. The fourth-order valence-corrected chi connectivity index (χ4v) is 9.07. The summed E-state index contributed by atoms with van der Waals surface area (Å²) in [5.41, 5.74) is -9.99. The Kier molecular flexibility index (Phi) is 24.2. The minimum atomic E-state index is -5.21. The number of halogens is 23. The normalized spacial score (nSPS) is 13.1. The molecule has 0 unspecified atom stereocenters. The molecule has 0 aliphatic heterocycles. The molecule has 0 aliphatic carbocycles. The highest BCUT2D eigenvalue weighted by Gasteiger charge is 2.47. The summed E-state index contributed by atoms with van der Waals surface area (Å²) in [5, 5.41) is 15.0. The highest BCUT2D eigenvalue weighted by molar-refractivity contribution is 9.69. The lowest BCUT2D eigenvalue weighted by atomic mass is 9.77. The predicted octanol–water partition coefficient (Wildman–Crippen LogP) is 18.4. The molecule has 3 N–H and O–H groups in total. The van der Waals surface area contributed by atoms with E-state index in [2.05, 4.69) is 67.4 Å². The monoisotopic (exact) mass is 1520 g/mol. The van der Waals surface area contributed by atoms with Crippen molar-refractivity contribution in [2.24, 2.45) is 0 Å². The van der Waals surface area contributed by atoms with Gasteiger partial charge in [-0.25, -0.2) is 26.3 Å². The van der Waals surface area contributed by atoms with Crippen molar-refractivity contribution in [1.29, 1.82) is 0 Å². The third-order valence-electron chi connectivity index (χ3n) is 13.2. The number of nitrogens with one attached hydrogen (secondary N) is 2. The van der Waals surface area contributed by atoms with Gasteiger partial charge in [0.25, 0.3) is 11.8 Å². The number of alkyl halides is 14. The number of aromatic hydroxyl groups is 1. The van der Waals surface area contributed by atoms with Crippen molar-refractivity contribution in [3.05, 3.63) is 260 Å². The van der Waals surface area contributed by atoms with Crippen LogP contribution in [0.1, 0.15) is 65.2 Å². The van der Waals surface area contributed by atoms with Crippen molar-refractivity contribution >= 4 is 62.3 Å². The van der Waals surface area contributed by atoms with Crippen molar-refractivity contribution in [2.45, 2.75) is 61.3 Å². The van der Waals surface area contributed by atoms with Crippen LogP contribution in [0.5, 0.6) is 23.0 Å². The van der Waals surface area contributed by atoms with Gasteiger partial charge in [-0.1, -0.05) is 72.8 Å². The lowest BCUT2D eigenvalue weighted by Gasteiger charge is -2.37. The standard InChI is InChI=1S/C31H21F10NO3.C30H19F10NO3.BBr3/c1-44-26-14-19(8-10-25(26)34)29(16-17-5-3-2-4-6-17,20-12-21(32)15-22(13-20)45-31(40,41)28(35)36)42-27(43)18-7-9-24(33)23(11-18)30(37,38)39;31-20-11-19(12-21(14-20)44-30(39,40)27(34)35)28(15-16-4-2-1-3-5-16,18-7-9-24(33)25(42)13-18)41-26(43)17-6-8-23(32)22(10-17)29(36,37)38;2-1(3)4/h2-15,28H,16H2,1H3,(H,42,43);1-14,27,42H,15H2,(H,41,43);/t29-;28-;/m11./s1. The summed E-state index contributed by atoms with van der Waals surface area (Å²) in [7, 11) is 1.09. The average Bonchev–Trinajstić information content (AvgIpc) is 0.771. The van der Waals surface area contributed by atoms with E-state index in [0.29, 0.717) is 59.7 Å². The maximum absolute atomic E-state index is 15.0. The van der Waals surface area contributed by atoms with Gasteiger partial charge in [-0.3, -0.25) is 9.59 Å². The lowest BCUT2D eigenvalue weighted by Crippen LogP contribution is -2.49. The summed E-state index contributed by atoms with van der Waals surface area (Å²) in [6, 6.07) is 27.2. The van der Waals surface area contributed by atoms with Crippen LogP contribution in [-0.4, -0.2) is 52.3 Å². The van der Waals surface area contributed by atoms with E-state index >= 15 is 4.39 Å². The van der Waals surface area contributed by atoms with Crippen LogP contribution in [0, 0.1) is 34.9 Å². The molecule has 0 aliphatic rings. The number of methoxy groups -OCH3 is 1. The van der Waals surface area contributed by atoms with E-state index in [1.54, 1.807) is 24.3 Å². The highest BCUT2D eigenvalue weighted by Crippen LogP contribution is 2.43. The summed E-state index contributed by atoms with van der Waals surface area (Å²) in [6.45, 7) is 0. The first kappa shape index (κ1) is 74.0. The van der Waals surface area contributed by atoms with Crippen molar-refractivity contribution in [3.63, 3.8) is 0 Å². The zero-order chi connectivity index (χ0) is 69.2. The first-order valence-corrected chi connectivity index (χ1v) is 28.6. The molecule has 8 rings (SSSR count). The smallest absolute Gasteiger partial charge is 0.461 e. The summed E-state index contributed by atoms with van der Waals surface area (Å²) in [5.74, 6) is -14.3. The average molecular weight is 1530 g/mol. The minimum Gasteiger partial charge on any atom is -0.505 e. The van der Waals surface area contributed by atoms with Gasteiger partial charge in [0, 0.05) is 36.1 Å². The largest absolute Gasteiger partial charge is 0.505 e. The maximum Gasteiger partial charge on any atom is 0.461 e. The second-order valence-electron chi connectivity index (χ2n) is 19.5. The van der Waals surface area contributed by atoms with Crippen LogP contribution in [0.15, 0.2) is 170 Å². The van der Waals surface area contributed by atoms with E-state index in [-0.39, 0.29) is 26.4 Å². The number of phenolic OH excluding ortho intramolecular Hbond substituents is 1. The second kappa shape index (κ2) is 30.4. The molecular formula is C61H40BBr3F20N2O6. The molecule has 0 saturated heterocycles. The van der Waals surface area contributed by atoms with Crippen molar-refractivity contribution in [1.82, 2.24) is 10.6 Å². The third kappa shape index (κ3) is 19.1. The van der Waals surface area contributed by atoms with Crippen LogP contribution in [0.4, 0.5) is 87.8 Å². The van der Waals surface area contributed by atoms with Gasteiger partial charge in [-0.15, -0.1) is 47.3 Å². The Morgan fingerprint density at radius 1 is 0.462 bits per heavy atom. The number of amides is 2. The lowest BCUT2D eigenvalue weighted by molar-refractivity contribution is -0.253. The second-order valence-corrected chi connectivity index (χ2v) is 25.9. The molecule has 0 spiro atoms. The Hall–Kier alpha value is -8.00. The number of ether oxygens (including phenoxy) is 3. The topological polar surface area (TPSA) is 106 Å². The molecule has 8 nitrogen and oxygen atoms in total. The molecule has 0 bridgehead atoms. The molecule has 0 heterocycles. The Morgan fingerprint density at radius 3 is 1.16 bits per heavy atom. The van der Waals surface area contributed by atoms with Gasteiger partial charge in [-0.05, 0) is 118 Å². The number of hydrogen-bond acceptors (Lipinski definition) is 6. The number of carbonyl (C=O) groups excluding carboxylic acids is 2. The summed E-state index contributed by atoms with van der Waals surface area (Å²) in [4.78, 5) is 27.2. The van der Waals surface area contributed by atoms with E-state index in [4.69, 9.17) is 4.74 Å². The molecule has 0 radical (unpaired) electrons. The van der Waals surface area contributed by atoms with Crippen LogP contribution in [0.3, 0.4) is 0 Å². The molecule has 8 aromatic carbocycles. The number of carbonyl (C=O) groups is 2. The predicted molar refractivity (Wildman–Crippen MR) is 309 cm³/mol. The Balaban J connectivity index is 0.000000279. The van der Waals surface area contributed by atoms with Gasteiger partial charge < -0.3 is 30.0 Å². The van der Waals surface area contributed by atoms with Gasteiger partial charge in [0.05, 0.1) is 29.3 Å². The molecule has 2 atom stereocenters. The number of hydrogen-bond donors (Lipinski definition) is 3. The fraction of sp³-hybridized carbons (Fsp3) is 0.180. The van der Waals surface area contributed by atoms with E-state index in [9.17, 15) is 98.1 Å². The zero-order valence-electron chi connectivity index (χ0n) is 46.5. The number of benzene rings is 8. The molecule has 0 saturated carbocycles. The Bertz CT molecular complexity index is 3910. The van der Waals surface area contributed by atoms with Gasteiger partial charge in [0.1, 0.15) is 34.8 Å². The van der Waals surface area contributed by atoms with Gasteiger partial charge in [-0.2, -0.15) is 61.5 Å². The molecular weight excluding hydrogens is 1490 g/mol. The molecule has 0 fully saturated rings. The first-order chi connectivity index (χ1) is 43.3. The molecule has 494 valence electrons. The minimum absolute atomic E-state index is 0.103. The van der Waals surface area contributed by atoms with Gasteiger partial charge in [0.2, 0.25) is 0 Å².